The molecule has 45 heavy (non-hydrogen) atoms. The van der Waals surface area contributed by atoms with E-state index in [1.165, 1.54) is 69.8 Å². The maximum absolute atomic E-state index is 13.0. The summed E-state index contributed by atoms with van der Waals surface area (Å²) in [4.78, 5) is 24.7. The van der Waals surface area contributed by atoms with Crippen LogP contribution in [-0.4, -0.2) is 36.2 Å². The first-order valence-corrected chi connectivity index (χ1v) is 18.7. The number of carboxylic acid groups (broad SMARTS) is 1. The van der Waals surface area contributed by atoms with Crippen LogP contribution in [0.2, 0.25) is 0 Å². The standard InChI is InChI=1S/C40H67NO4/c1-11-41-24-12-18-40-21-15-27(26(2)3)33(40)28-13-14-30-37(8)19-17-31(45-32(42)25-35(4,5)34(43)44)36(6,7)29(37)16-20-39(30,10)38(28,9)22-23-40/h27-31,33,41H,2,11-25H2,1,3-10H3,(H,43,44)/t27-,28+,29-,30+,31-,33+,37-,38+,39+,40+/m0/s1. The largest absolute Gasteiger partial charge is 0.481 e. The molecule has 5 nitrogen and oxygen atoms in total. The van der Waals surface area contributed by atoms with Crippen LogP contribution in [0.3, 0.4) is 0 Å². The molecule has 5 saturated carbocycles. The van der Waals surface area contributed by atoms with E-state index in [0.29, 0.717) is 34.0 Å². The summed E-state index contributed by atoms with van der Waals surface area (Å²) in [7, 11) is 0. The second-order valence-corrected chi connectivity index (χ2v) is 18.7. The summed E-state index contributed by atoms with van der Waals surface area (Å²) in [5.74, 6) is 2.09. The van der Waals surface area contributed by atoms with Crippen molar-refractivity contribution < 1.29 is 19.4 Å². The van der Waals surface area contributed by atoms with Crippen molar-refractivity contribution in [2.24, 2.45) is 62.1 Å². The molecule has 5 rings (SSSR count). The molecule has 0 amide bonds. The van der Waals surface area contributed by atoms with Crippen LogP contribution in [0.15, 0.2) is 12.2 Å². The van der Waals surface area contributed by atoms with Crippen molar-refractivity contribution in [3.63, 3.8) is 0 Å². The van der Waals surface area contributed by atoms with Crippen LogP contribution in [-0.2, 0) is 14.3 Å². The van der Waals surface area contributed by atoms with Gasteiger partial charge in [0.05, 0.1) is 11.8 Å². The number of nitrogens with one attached hydrogen (secondary N) is 1. The minimum atomic E-state index is -1.11. The highest BCUT2D eigenvalue weighted by Gasteiger charge is 2.71. The van der Waals surface area contributed by atoms with Gasteiger partial charge in [-0.15, -0.1) is 0 Å². The van der Waals surface area contributed by atoms with E-state index < -0.39 is 11.4 Å². The molecule has 0 saturated heterocycles. The van der Waals surface area contributed by atoms with Gasteiger partial charge >= 0.3 is 11.9 Å². The van der Waals surface area contributed by atoms with Gasteiger partial charge in [-0.25, -0.2) is 0 Å². The second-order valence-electron chi connectivity index (χ2n) is 18.7. The lowest BCUT2D eigenvalue weighted by atomic mass is 9.32. The van der Waals surface area contributed by atoms with Crippen LogP contribution in [0.25, 0.3) is 0 Å². The van der Waals surface area contributed by atoms with Crippen LogP contribution >= 0.6 is 0 Å². The number of carbonyl (C=O) groups is 2. The summed E-state index contributed by atoms with van der Waals surface area (Å²) in [5.41, 5.74) is 1.54. The van der Waals surface area contributed by atoms with Crippen molar-refractivity contribution >= 4 is 11.9 Å². The summed E-state index contributed by atoms with van der Waals surface area (Å²) < 4.78 is 6.18. The number of hydrogen-bond acceptors (Lipinski definition) is 4. The fourth-order valence-electron chi connectivity index (χ4n) is 13.3. The zero-order chi connectivity index (χ0) is 33.2. The van der Waals surface area contributed by atoms with E-state index in [9.17, 15) is 14.7 Å². The number of allylic oxidation sites excluding steroid dienone is 1. The summed E-state index contributed by atoms with van der Waals surface area (Å²) >= 11 is 0. The fraction of sp³-hybridized carbons (Fsp3) is 0.900. The molecule has 0 heterocycles. The highest BCUT2D eigenvalue weighted by molar-refractivity contribution is 5.81. The van der Waals surface area contributed by atoms with Crippen molar-refractivity contribution in [3.8, 4) is 0 Å². The number of rotatable bonds is 10. The van der Waals surface area contributed by atoms with E-state index in [4.69, 9.17) is 4.74 Å². The van der Waals surface area contributed by atoms with E-state index in [0.717, 1.165) is 37.8 Å². The van der Waals surface area contributed by atoms with Crippen LogP contribution in [0.5, 0.6) is 0 Å². The van der Waals surface area contributed by atoms with Crippen molar-refractivity contribution in [3.05, 3.63) is 12.2 Å². The van der Waals surface area contributed by atoms with Gasteiger partial charge in [0.25, 0.3) is 0 Å². The average Bonchev–Trinajstić information content (AvgIpc) is 3.33. The van der Waals surface area contributed by atoms with Gasteiger partial charge in [-0.05, 0) is 162 Å². The third-order valence-electron chi connectivity index (χ3n) is 15.9. The summed E-state index contributed by atoms with van der Waals surface area (Å²) in [6.07, 6.45) is 15.0. The number of esters is 1. The normalized spacial score (nSPS) is 43.8. The Bertz CT molecular complexity index is 1160. The summed E-state index contributed by atoms with van der Waals surface area (Å²) in [6.45, 7) is 27.3. The Hall–Kier alpha value is -1.36. The minimum absolute atomic E-state index is 0.0831. The molecule has 0 aromatic carbocycles. The molecule has 0 unspecified atom stereocenters. The molecule has 0 spiro atoms. The Morgan fingerprint density at radius 1 is 0.911 bits per heavy atom. The molecule has 5 aliphatic carbocycles. The van der Waals surface area contributed by atoms with Gasteiger partial charge in [-0.2, -0.15) is 0 Å². The molecule has 0 radical (unpaired) electrons. The number of carboxylic acids is 1. The molecular formula is C40H67NO4. The van der Waals surface area contributed by atoms with Crippen LogP contribution in [0, 0.1) is 62.1 Å². The van der Waals surface area contributed by atoms with E-state index in [2.05, 4.69) is 60.4 Å². The topological polar surface area (TPSA) is 75.6 Å². The number of aliphatic carboxylic acids is 1. The zero-order valence-electron chi connectivity index (χ0n) is 30.4. The van der Waals surface area contributed by atoms with Gasteiger partial charge in [-0.3, -0.25) is 9.59 Å². The number of ether oxygens (including phenoxy) is 1. The Morgan fingerprint density at radius 2 is 1.62 bits per heavy atom. The highest BCUT2D eigenvalue weighted by atomic mass is 16.5. The van der Waals surface area contributed by atoms with E-state index >= 15 is 0 Å². The number of hydrogen-bond donors (Lipinski definition) is 2. The van der Waals surface area contributed by atoms with Crippen molar-refractivity contribution in [1.29, 1.82) is 0 Å². The average molecular weight is 626 g/mol. The van der Waals surface area contributed by atoms with Gasteiger partial charge in [0.1, 0.15) is 6.10 Å². The predicted octanol–water partition coefficient (Wildman–Crippen LogP) is 9.45. The summed E-state index contributed by atoms with van der Waals surface area (Å²) in [6, 6.07) is 0. The van der Waals surface area contributed by atoms with Gasteiger partial charge in [0.2, 0.25) is 0 Å². The molecule has 5 aliphatic rings. The molecule has 5 heteroatoms. The lowest BCUT2D eigenvalue weighted by molar-refractivity contribution is -0.250. The second kappa shape index (κ2) is 12.0. The monoisotopic (exact) mass is 626 g/mol. The van der Waals surface area contributed by atoms with E-state index in [1.807, 2.05) is 0 Å². The molecular weight excluding hydrogens is 558 g/mol. The van der Waals surface area contributed by atoms with Crippen LogP contribution < -0.4 is 5.32 Å². The molecule has 0 bridgehead atoms. The van der Waals surface area contributed by atoms with E-state index in [1.54, 1.807) is 13.8 Å². The quantitative estimate of drug-likeness (QED) is 0.144. The number of fused-ring (bicyclic) bond motifs is 7. The van der Waals surface area contributed by atoms with Gasteiger partial charge in [-0.1, -0.05) is 53.7 Å². The third kappa shape index (κ3) is 5.45. The molecule has 0 aromatic rings. The Morgan fingerprint density at radius 3 is 2.27 bits per heavy atom. The Balaban J connectivity index is 1.39. The Labute approximate surface area is 275 Å². The molecule has 10 atom stereocenters. The molecule has 5 fully saturated rings. The molecule has 256 valence electrons. The van der Waals surface area contributed by atoms with E-state index in [-0.39, 0.29) is 29.3 Å². The van der Waals surface area contributed by atoms with Crippen LogP contribution in [0.1, 0.15) is 146 Å². The Kier molecular flexibility index (Phi) is 9.29. The fourth-order valence-corrected chi connectivity index (χ4v) is 13.3. The third-order valence-corrected chi connectivity index (χ3v) is 15.9. The van der Waals surface area contributed by atoms with Gasteiger partial charge in [0, 0.05) is 5.41 Å². The van der Waals surface area contributed by atoms with Crippen molar-refractivity contribution in [1.82, 2.24) is 5.32 Å². The van der Waals surface area contributed by atoms with Crippen LogP contribution in [0.4, 0.5) is 0 Å². The lowest BCUT2D eigenvalue weighted by Gasteiger charge is -2.73. The first-order chi connectivity index (χ1) is 20.9. The first-order valence-electron chi connectivity index (χ1n) is 18.7. The molecule has 0 aliphatic heterocycles. The summed E-state index contributed by atoms with van der Waals surface area (Å²) in [5, 5.41) is 13.2. The number of carbonyl (C=O) groups excluding carboxylic acids is 1. The minimum Gasteiger partial charge on any atom is -0.481 e. The SMILES string of the molecule is C=C(C)[C@@H]1CC[C@]2(CCCNCC)CC[C@]3(C)[C@H](CC[C@@H]4[C@@]5(C)CC[C@H](OC(=O)CC(C)(C)C(=O)O)C(C)(C)[C@@H]5CC[C@]43C)[C@@H]12. The highest BCUT2D eigenvalue weighted by Crippen LogP contribution is 2.78. The maximum atomic E-state index is 13.0. The van der Waals surface area contributed by atoms with Gasteiger partial charge in [0.15, 0.2) is 0 Å². The zero-order valence-corrected chi connectivity index (χ0v) is 30.4. The molecule has 0 aromatic heterocycles. The van der Waals surface area contributed by atoms with Crippen molar-refractivity contribution in [2.45, 2.75) is 152 Å². The first kappa shape index (κ1) is 35.0. The maximum Gasteiger partial charge on any atom is 0.309 e. The van der Waals surface area contributed by atoms with Gasteiger partial charge < -0.3 is 15.2 Å². The predicted molar refractivity (Wildman–Crippen MR) is 183 cm³/mol. The molecule has 2 N–H and O–H groups in total. The smallest absolute Gasteiger partial charge is 0.309 e. The van der Waals surface area contributed by atoms with Crippen molar-refractivity contribution in [2.75, 3.05) is 13.1 Å². The lowest BCUT2D eigenvalue weighted by Crippen LogP contribution is -2.66.